The van der Waals surface area contributed by atoms with Crippen molar-refractivity contribution in [3.8, 4) is 28.7 Å². The second-order valence-corrected chi connectivity index (χ2v) is 17.9. The molecule has 0 saturated heterocycles. The Kier molecular flexibility index (Phi) is 8.30. The average Bonchev–Trinajstić information content (AvgIpc) is 4.00. The number of nitrogens with one attached hydrogen (secondary N) is 1. The van der Waals surface area contributed by atoms with Gasteiger partial charge < -0.3 is 28.6 Å². The molecule has 0 bridgehead atoms. The smallest absolute Gasteiger partial charge is 0.695 e. The van der Waals surface area contributed by atoms with Crippen LogP contribution in [0.1, 0.15) is 56.8 Å². The molecule has 0 aliphatic rings. The molecule has 4 heterocycles. The van der Waals surface area contributed by atoms with Crippen molar-refractivity contribution in [1.29, 1.82) is 0 Å². The summed E-state index contributed by atoms with van der Waals surface area (Å²) in [5, 5.41) is 3.99. The first kappa shape index (κ1) is 36.1. The van der Waals surface area contributed by atoms with Gasteiger partial charge in [-0.2, -0.15) is 18.2 Å². The van der Waals surface area contributed by atoms with Gasteiger partial charge in [-0.3, -0.25) is 4.57 Å². The van der Waals surface area contributed by atoms with Gasteiger partial charge >= 0.3 is 21.1 Å². The van der Waals surface area contributed by atoms with E-state index in [2.05, 4.69) is 94.9 Å². The van der Waals surface area contributed by atoms with Crippen LogP contribution in [-0.2, 0) is 38.9 Å². The normalized spacial score (nSPS) is 13.3. The molecule has 0 fully saturated rings. The molecule has 4 aromatic heterocycles. The Hall–Kier alpha value is -6.56. The Balaban J connectivity index is 0.00000498. The molecule has 0 unspecified atom stereocenters. The molecule has 0 radical (unpaired) electrons. The van der Waals surface area contributed by atoms with Gasteiger partial charge in [-0.05, 0) is 74.8 Å². The van der Waals surface area contributed by atoms with Crippen LogP contribution in [0.25, 0.3) is 88.6 Å². The standard InChI is InChI=1S/C54H44N5O2.Pt/c1-53(2,3)33-27-34(54(4,5)6)29-36(28-33)58-32-57(44-20-11-12-21-45(44)58)35-15-14-16-37(30-35)60-38-23-24-41-47(31-38)59(52-50(55)42-18-8-10-19-43(42)56(52)7)46-26-25-40-39-17-9-13-22-48(39)61-51(40)49(41)46;/h8-29,55H,1-7H3;/q-3;+4/i7D3;. The second kappa shape index (κ2) is 14.3. The Morgan fingerprint density at radius 1 is 0.661 bits per heavy atom. The number of para-hydroxylation sites is 4. The Morgan fingerprint density at radius 2 is 1.34 bits per heavy atom. The van der Waals surface area contributed by atoms with E-state index < -0.39 is 6.98 Å². The first-order chi connectivity index (χ1) is 30.5. The molecule has 11 rings (SSSR count). The summed E-state index contributed by atoms with van der Waals surface area (Å²) in [6, 6.07) is 50.7. The second-order valence-electron chi connectivity index (χ2n) is 17.9. The first-order valence-corrected chi connectivity index (χ1v) is 20.5. The summed E-state index contributed by atoms with van der Waals surface area (Å²) in [4.78, 5) is 0. The molecular formula is C54H44N5O2Pt+. The van der Waals surface area contributed by atoms with Gasteiger partial charge in [0.1, 0.15) is 17.0 Å². The van der Waals surface area contributed by atoms with Gasteiger partial charge in [0, 0.05) is 44.4 Å². The van der Waals surface area contributed by atoms with Crippen molar-refractivity contribution in [2.45, 2.75) is 52.4 Å². The number of hydrogen-bond donors (Lipinski definition) is 0. The van der Waals surface area contributed by atoms with Gasteiger partial charge in [-0.15, -0.1) is 24.3 Å². The maximum atomic E-state index is 9.47. The van der Waals surface area contributed by atoms with E-state index in [9.17, 15) is 5.73 Å². The molecule has 11 aromatic rings. The number of hydrogen-bond acceptors (Lipinski definition) is 2. The number of nitrogens with zero attached hydrogens (tertiary/aromatic N) is 4. The summed E-state index contributed by atoms with van der Waals surface area (Å²) >= 11 is 0. The van der Waals surface area contributed by atoms with Crippen LogP contribution in [-0.4, -0.2) is 13.7 Å². The Bertz CT molecular complexity index is 3660. The third-order valence-electron chi connectivity index (χ3n) is 11.9. The number of aromatic nitrogens is 4. The number of furan rings is 1. The Labute approximate surface area is 379 Å². The minimum absolute atomic E-state index is 0. The van der Waals surface area contributed by atoms with E-state index in [1.165, 1.54) is 15.7 Å². The molecule has 1 N–H and O–H groups in total. The summed E-state index contributed by atoms with van der Waals surface area (Å²) in [7, 11) is 0. The van der Waals surface area contributed by atoms with Crippen LogP contribution in [0.2, 0.25) is 0 Å². The van der Waals surface area contributed by atoms with Crippen molar-refractivity contribution in [2.24, 2.45) is 6.98 Å². The van der Waals surface area contributed by atoms with Crippen LogP contribution in [0.3, 0.4) is 0 Å². The van der Waals surface area contributed by atoms with E-state index in [0.29, 0.717) is 39.0 Å². The third-order valence-corrected chi connectivity index (χ3v) is 11.9. The van der Waals surface area contributed by atoms with Crippen molar-refractivity contribution in [1.82, 2.24) is 13.7 Å². The third kappa shape index (κ3) is 6.16. The molecule has 8 heteroatoms. The van der Waals surface area contributed by atoms with E-state index in [0.717, 1.165) is 49.5 Å². The van der Waals surface area contributed by atoms with Crippen LogP contribution in [0.15, 0.2) is 138 Å². The summed E-state index contributed by atoms with van der Waals surface area (Å²) in [6.45, 7) is 10.9. The number of rotatable bonds is 5. The summed E-state index contributed by atoms with van der Waals surface area (Å²) < 4.78 is 46.6. The maximum Gasteiger partial charge on any atom is 4.00 e. The van der Waals surface area contributed by atoms with Crippen LogP contribution in [0, 0.1) is 18.5 Å². The SMILES string of the molecule is [2H]C([2H])([2H])n1c(-n2c3[c-]c(Oc4[c-]c(-n5[c-][n+](-c6cc(C(C)(C)C)cc(C(C)(C)C)c6)c6ccccc65)ccc4)ccc3c3c4oc5ccccc5c4ccc32)c([NH-])c2ccccc21.[Pt+4]. The first-order valence-electron chi connectivity index (χ1n) is 22.0. The van der Waals surface area contributed by atoms with Crippen molar-refractivity contribution in [2.75, 3.05) is 0 Å². The monoisotopic (exact) mass is 992 g/mol. The van der Waals surface area contributed by atoms with E-state index in [-0.39, 0.29) is 43.4 Å². The number of imidazole rings is 1. The van der Waals surface area contributed by atoms with E-state index in [1.54, 1.807) is 18.2 Å². The minimum atomic E-state index is -2.60. The maximum absolute atomic E-state index is 9.47. The molecule has 0 aliphatic heterocycles. The summed E-state index contributed by atoms with van der Waals surface area (Å²) in [6.07, 6.45) is 3.65. The number of benzene rings is 7. The van der Waals surface area contributed by atoms with Gasteiger partial charge in [0.2, 0.25) is 0 Å². The van der Waals surface area contributed by atoms with Crippen LogP contribution >= 0.6 is 0 Å². The van der Waals surface area contributed by atoms with E-state index in [1.807, 2.05) is 94.1 Å². The molecule has 7 nitrogen and oxygen atoms in total. The van der Waals surface area contributed by atoms with Crippen molar-refractivity contribution >= 4 is 71.4 Å². The summed E-state index contributed by atoms with van der Waals surface area (Å²) in [5.41, 5.74) is 18.7. The van der Waals surface area contributed by atoms with Gasteiger partial charge in [0.15, 0.2) is 0 Å². The zero-order chi connectivity index (χ0) is 44.4. The molecule has 0 atom stereocenters. The average molecular weight is 993 g/mol. The zero-order valence-corrected chi connectivity index (χ0v) is 37.4. The molecule has 0 saturated carbocycles. The fourth-order valence-corrected chi connectivity index (χ4v) is 8.69. The van der Waals surface area contributed by atoms with Crippen molar-refractivity contribution in [3.05, 3.63) is 169 Å². The predicted octanol–water partition coefficient (Wildman–Crippen LogP) is 13.9. The molecular weight excluding hydrogens is 946 g/mol. The van der Waals surface area contributed by atoms with Gasteiger partial charge in [-0.25, -0.2) is 0 Å². The van der Waals surface area contributed by atoms with E-state index >= 15 is 0 Å². The van der Waals surface area contributed by atoms with Crippen LogP contribution < -0.4 is 9.30 Å². The fraction of sp³-hybridized carbons (Fsp3) is 0.167. The van der Waals surface area contributed by atoms with Crippen molar-refractivity contribution < 1.29 is 38.9 Å². The number of fused-ring (bicyclic) bond motifs is 9. The summed E-state index contributed by atoms with van der Waals surface area (Å²) in [5.74, 6) is 1.04. The fourth-order valence-electron chi connectivity index (χ4n) is 8.69. The van der Waals surface area contributed by atoms with Crippen LogP contribution in [0.4, 0.5) is 5.69 Å². The van der Waals surface area contributed by atoms with Crippen LogP contribution in [0.5, 0.6) is 11.5 Å². The van der Waals surface area contributed by atoms with Crippen molar-refractivity contribution in [3.63, 3.8) is 0 Å². The van der Waals surface area contributed by atoms with Gasteiger partial charge in [-0.1, -0.05) is 125 Å². The van der Waals surface area contributed by atoms with Gasteiger partial charge in [0.05, 0.1) is 16.7 Å². The molecule has 0 aliphatic carbocycles. The molecule has 0 spiro atoms. The minimum Gasteiger partial charge on any atom is -0.695 e. The number of ether oxygens (including phenoxy) is 1. The molecule has 306 valence electrons. The van der Waals surface area contributed by atoms with Gasteiger partial charge in [0.25, 0.3) is 6.33 Å². The number of aryl methyl sites for hydroxylation is 1. The predicted molar refractivity (Wildman–Crippen MR) is 247 cm³/mol. The molecule has 0 amide bonds. The molecule has 62 heavy (non-hydrogen) atoms. The zero-order valence-electron chi connectivity index (χ0n) is 38.1. The largest absolute Gasteiger partial charge is 4.00 e. The quantitative estimate of drug-likeness (QED) is 0.127. The Morgan fingerprint density at radius 3 is 2.10 bits per heavy atom. The molecule has 7 aromatic carbocycles. The van der Waals surface area contributed by atoms with E-state index in [4.69, 9.17) is 13.3 Å². The topological polar surface area (TPSA) is 64.8 Å².